The van der Waals surface area contributed by atoms with Crippen LogP contribution < -0.4 is 10.5 Å². The molecule has 0 saturated heterocycles. The fourth-order valence-corrected chi connectivity index (χ4v) is 2.75. The van der Waals surface area contributed by atoms with Gasteiger partial charge in [-0.2, -0.15) is 5.10 Å². The van der Waals surface area contributed by atoms with Crippen molar-refractivity contribution < 1.29 is 4.74 Å². The molecule has 21 heavy (non-hydrogen) atoms. The van der Waals surface area contributed by atoms with E-state index in [-0.39, 0.29) is 0 Å². The summed E-state index contributed by atoms with van der Waals surface area (Å²) in [6, 6.07) is 13.0. The van der Waals surface area contributed by atoms with Crippen molar-refractivity contribution in [1.29, 1.82) is 0 Å². The smallest absolute Gasteiger partial charge is 0.124 e. The Balaban J connectivity index is 2.17. The molecule has 5 heteroatoms. The number of aromatic nitrogens is 2. The Hall–Kier alpha value is -2.04. The summed E-state index contributed by atoms with van der Waals surface area (Å²) in [6.07, 6.45) is 0. The van der Waals surface area contributed by atoms with Gasteiger partial charge in [0.05, 0.1) is 24.4 Å². The fraction of sp³-hybridized carbons (Fsp3) is 0.188. The van der Waals surface area contributed by atoms with Crippen LogP contribution in [0.3, 0.4) is 0 Å². The minimum absolute atomic E-state index is 0.398. The average molecular weight is 302 g/mol. The van der Waals surface area contributed by atoms with E-state index in [0.717, 1.165) is 22.2 Å². The van der Waals surface area contributed by atoms with Crippen molar-refractivity contribution in [1.82, 2.24) is 9.78 Å². The fourth-order valence-electron chi connectivity index (χ4n) is 2.57. The molecule has 2 N–H and O–H groups in total. The van der Waals surface area contributed by atoms with E-state index in [9.17, 15) is 0 Å². The Morgan fingerprint density at radius 1 is 1.24 bits per heavy atom. The van der Waals surface area contributed by atoms with Crippen LogP contribution in [0.5, 0.6) is 5.75 Å². The minimum atomic E-state index is -0.398. The number of ether oxygens (including phenoxy) is 1. The third-order valence-corrected chi connectivity index (χ3v) is 3.84. The molecule has 4 nitrogen and oxygen atoms in total. The van der Waals surface area contributed by atoms with Gasteiger partial charge in [0, 0.05) is 23.0 Å². The highest BCUT2D eigenvalue weighted by molar-refractivity contribution is 6.30. The molecule has 0 amide bonds. The predicted octanol–water partition coefficient (Wildman–Crippen LogP) is 3.28. The molecule has 1 heterocycles. The topological polar surface area (TPSA) is 53.1 Å². The van der Waals surface area contributed by atoms with Crippen molar-refractivity contribution >= 4 is 22.5 Å². The summed E-state index contributed by atoms with van der Waals surface area (Å²) in [5, 5.41) is 6.23. The van der Waals surface area contributed by atoms with Gasteiger partial charge in [-0.3, -0.25) is 4.68 Å². The van der Waals surface area contributed by atoms with Crippen LogP contribution >= 0.6 is 11.6 Å². The van der Waals surface area contributed by atoms with E-state index >= 15 is 0 Å². The van der Waals surface area contributed by atoms with Crippen LogP contribution in [0, 0.1) is 0 Å². The van der Waals surface area contributed by atoms with Crippen molar-refractivity contribution in [2.75, 3.05) is 7.11 Å². The number of methoxy groups -OCH3 is 1. The molecule has 3 aromatic rings. The van der Waals surface area contributed by atoms with Gasteiger partial charge in [-0.15, -0.1) is 0 Å². The molecule has 1 aromatic heterocycles. The molecule has 0 aliphatic rings. The van der Waals surface area contributed by atoms with Gasteiger partial charge in [0.2, 0.25) is 0 Å². The van der Waals surface area contributed by atoms with Gasteiger partial charge in [0.1, 0.15) is 5.75 Å². The normalized spacial score (nSPS) is 12.6. The maximum absolute atomic E-state index is 6.43. The van der Waals surface area contributed by atoms with Crippen LogP contribution in [0.25, 0.3) is 10.9 Å². The number of aryl methyl sites for hydroxylation is 1. The van der Waals surface area contributed by atoms with E-state index < -0.39 is 6.04 Å². The molecule has 1 atom stereocenters. The van der Waals surface area contributed by atoms with E-state index in [1.807, 2.05) is 48.1 Å². The summed E-state index contributed by atoms with van der Waals surface area (Å²) in [5.41, 5.74) is 9.11. The van der Waals surface area contributed by atoms with Gasteiger partial charge in [0.25, 0.3) is 0 Å². The number of benzene rings is 2. The van der Waals surface area contributed by atoms with Crippen LogP contribution in [-0.2, 0) is 7.05 Å². The maximum Gasteiger partial charge on any atom is 0.124 e. The highest BCUT2D eigenvalue weighted by Gasteiger charge is 2.20. The van der Waals surface area contributed by atoms with Crippen molar-refractivity contribution in [3.63, 3.8) is 0 Å². The molecule has 1 unspecified atom stereocenters. The van der Waals surface area contributed by atoms with E-state index in [0.29, 0.717) is 10.8 Å². The minimum Gasteiger partial charge on any atom is -0.496 e. The Kier molecular flexibility index (Phi) is 3.57. The van der Waals surface area contributed by atoms with E-state index in [1.54, 1.807) is 13.2 Å². The van der Waals surface area contributed by atoms with Crippen LogP contribution in [-0.4, -0.2) is 16.9 Å². The number of hydrogen-bond acceptors (Lipinski definition) is 3. The predicted molar refractivity (Wildman–Crippen MR) is 84.7 cm³/mol. The van der Waals surface area contributed by atoms with Gasteiger partial charge >= 0.3 is 0 Å². The molecule has 0 aliphatic heterocycles. The highest BCUT2D eigenvalue weighted by Crippen LogP contribution is 2.33. The first kappa shape index (κ1) is 13.9. The summed E-state index contributed by atoms with van der Waals surface area (Å²) >= 11 is 6.09. The Morgan fingerprint density at radius 2 is 2.00 bits per heavy atom. The number of halogens is 1. The number of para-hydroxylation sites is 1. The first-order valence-electron chi connectivity index (χ1n) is 6.62. The summed E-state index contributed by atoms with van der Waals surface area (Å²) < 4.78 is 7.22. The number of fused-ring (bicyclic) bond motifs is 1. The quantitative estimate of drug-likeness (QED) is 0.807. The summed E-state index contributed by atoms with van der Waals surface area (Å²) in [7, 11) is 3.53. The van der Waals surface area contributed by atoms with Crippen LogP contribution in [0.2, 0.25) is 5.02 Å². The molecule has 0 aliphatic carbocycles. The van der Waals surface area contributed by atoms with Gasteiger partial charge in [-0.05, 0) is 24.3 Å². The molecule has 0 radical (unpaired) electrons. The average Bonchev–Trinajstić information content (AvgIpc) is 2.84. The molecule has 0 bridgehead atoms. The van der Waals surface area contributed by atoms with Crippen LogP contribution in [0.1, 0.15) is 17.3 Å². The molecular formula is C16H16ClN3O. The second-order valence-corrected chi connectivity index (χ2v) is 5.33. The van der Waals surface area contributed by atoms with Gasteiger partial charge in [-0.1, -0.05) is 29.8 Å². The zero-order valence-electron chi connectivity index (χ0n) is 11.9. The van der Waals surface area contributed by atoms with Crippen molar-refractivity contribution in [3.8, 4) is 5.75 Å². The van der Waals surface area contributed by atoms with Gasteiger partial charge < -0.3 is 10.5 Å². The van der Waals surface area contributed by atoms with E-state index in [1.165, 1.54) is 0 Å². The largest absolute Gasteiger partial charge is 0.496 e. The summed E-state index contributed by atoms with van der Waals surface area (Å²) in [4.78, 5) is 0. The standard InChI is InChI=1S/C16H16ClN3O/c1-20-13-6-4-3-5-11(13)16(19-20)15(18)12-9-10(17)7-8-14(12)21-2/h3-9,15H,18H2,1-2H3. The lowest BCUT2D eigenvalue weighted by molar-refractivity contribution is 0.407. The van der Waals surface area contributed by atoms with Crippen LogP contribution in [0.15, 0.2) is 42.5 Å². The number of nitrogens with zero attached hydrogens (tertiary/aromatic N) is 2. The number of rotatable bonds is 3. The third kappa shape index (κ3) is 2.37. The molecule has 3 rings (SSSR count). The zero-order valence-corrected chi connectivity index (χ0v) is 12.6. The highest BCUT2D eigenvalue weighted by atomic mass is 35.5. The van der Waals surface area contributed by atoms with E-state index in [4.69, 9.17) is 22.1 Å². The zero-order chi connectivity index (χ0) is 15.0. The van der Waals surface area contributed by atoms with Gasteiger partial charge in [-0.25, -0.2) is 0 Å². The Labute approximate surface area is 128 Å². The molecule has 2 aromatic carbocycles. The second-order valence-electron chi connectivity index (χ2n) is 4.89. The Morgan fingerprint density at radius 3 is 2.76 bits per heavy atom. The SMILES string of the molecule is COc1ccc(Cl)cc1C(N)c1nn(C)c2ccccc12. The molecular weight excluding hydrogens is 286 g/mol. The molecule has 0 fully saturated rings. The maximum atomic E-state index is 6.43. The molecule has 108 valence electrons. The lowest BCUT2D eigenvalue weighted by Gasteiger charge is -2.14. The van der Waals surface area contributed by atoms with Crippen molar-refractivity contribution in [2.24, 2.45) is 12.8 Å². The lowest BCUT2D eigenvalue weighted by Crippen LogP contribution is -2.14. The summed E-state index contributed by atoms with van der Waals surface area (Å²) in [5.74, 6) is 0.710. The molecule has 0 spiro atoms. The van der Waals surface area contributed by atoms with Crippen LogP contribution in [0.4, 0.5) is 0 Å². The Bertz CT molecular complexity index is 797. The first-order valence-corrected chi connectivity index (χ1v) is 7.00. The van der Waals surface area contributed by atoms with E-state index in [2.05, 4.69) is 5.10 Å². The third-order valence-electron chi connectivity index (χ3n) is 3.61. The number of hydrogen-bond donors (Lipinski definition) is 1. The lowest BCUT2D eigenvalue weighted by atomic mass is 10.0. The van der Waals surface area contributed by atoms with Crippen molar-refractivity contribution in [3.05, 3.63) is 58.7 Å². The monoisotopic (exact) mass is 301 g/mol. The summed E-state index contributed by atoms with van der Waals surface area (Å²) in [6.45, 7) is 0. The first-order chi connectivity index (χ1) is 10.1. The van der Waals surface area contributed by atoms with Gasteiger partial charge in [0.15, 0.2) is 0 Å². The number of nitrogens with two attached hydrogens (primary N) is 1. The molecule has 0 saturated carbocycles. The second kappa shape index (κ2) is 5.39. The van der Waals surface area contributed by atoms with Crippen molar-refractivity contribution in [2.45, 2.75) is 6.04 Å².